The summed E-state index contributed by atoms with van der Waals surface area (Å²) in [6.07, 6.45) is 5.83. The van der Waals surface area contributed by atoms with Gasteiger partial charge in [-0.3, -0.25) is 0 Å². The fourth-order valence-corrected chi connectivity index (χ4v) is 2.22. The Morgan fingerprint density at radius 3 is 2.05 bits per heavy atom. The first kappa shape index (κ1) is 12.6. The largest absolute Gasteiger partial charge is 0.466 e. The maximum Gasteiger partial charge on any atom is 0.136 e. The second-order valence-corrected chi connectivity index (χ2v) is 4.43. The van der Waals surface area contributed by atoms with Crippen molar-refractivity contribution < 1.29 is 13.9 Å². The van der Waals surface area contributed by atoms with Crippen LogP contribution in [0.3, 0.4) is 0 Å². The van der Waals surface area contributed by atoms with Gasteiger partial charge in [-0.25, -0.2) is 0 Å². The molecule has 4 rings (SSSR count). The summed E-state index contributed by atoms with van der Waals surface area (Å²) in [4.78, 5) is 0. The van der Waals surface area contributed by atoms with E-state index >= 15 is 0 Å². The lowest BCUT2D eigenvalue weighted by Gasteiger charge is -1.94. The van der Waals surface area contributed by atoms with Crippen molar-refractivity contribution in [1.82, 2.24) is 0 Å². The van der Waals surface area contributed by atoms with E-state index in [9.17, 15) is 0 Å². The topological polar surface area (TPSA) is 31.6 Å². The minimum atomic E-state index is 0.743. The summed E-state index contributed by atoms with van der Waals surface area (Å²) < 4.78 is 14.8. The van der Waals surface area contributed by atoms with Crippen LogP contribution in [-0.2, 0) is 9.47 Å². The summed E-state index contributed by atoms with van der Waals surface area (Å²) >= 11 is 6.12. The number of halogens is 1. The molecule has 1 aliphatic heterocycles. The average molecular weight is 287 g/mol. The number of rotatable bonds is 0. The van der Waals surface area contributed by atoms with Crippen LogP contribution in [0.15, 0.2) is 71.9 Å². The highest BCUT2D eigenvalue weighted by molar-refractivity contribution is 6.37. The van der Waals surface area contributed by atoms with Gasteiger partial charge >= 0.3 is 0 Å². The molecule has 1 aliphatic rings. The maximum atomic E-state index is 6.12. The Kier molecular flexibility index (Phi) is 3.61. The number of benzene rings is 2. The van der Waals surface area contributed by atoms with Crippen LogP contribution in [0, 0.1) is 0 Å². The van der Waals surface area contributed by atoms with Crippen LogP contribution in [0.1, 0.15) is 0 Å². The normalized spacial score (nSPS) is 12.7. The molecule has 0 amide bonds. The molecule has 0 fully saturated rings. The molecule has 0 radical (unpaired) electrons. The molecule has 0 aliphatic carbocycles. The minimum Gasteiger partial charge on any atom is -0.466 e. The first-order valence-corrected chi connectivity index (χ1v) is 6.41. The molecule has 20 heavy (non-hydrogen) atoms. The van der Waals surface area contributed by atoms with Gasteiger partial charge in [0.15, 0.2) is 0 Å². The fraction of sp³-hybridized carbons (Fsp3) is 0. The first-order chi connectivity index (χ1) is 9.86. The molecule has 2 aromatic carbocycles. The number of hydrogen-bond acceptors (Lipinski definition) is 3. The molecule has 3 aromatic rings. The molecule has 2 heterocycles. The number of para-hydroxylation sites is 1. The monoisotopic (exact) mass is 286 g/mol. The molecule has 0 N–H and O–H groups in total. The lowest BCUT2D eigenvalue weighted by atomic mass is 10.1. The first-order valence-electron chi connectivity index (χ1n) is 6.03. The summed E-state index contributed by atoms with van der Waals surface area (Å²) in [7, 11) is 0. The fourth-order valence-electron chi connectivity index (χ4n) is 1.95. The Labute approximate surface area is 120 Å². The zero-order chi connectivity index (χ0) is 13.8. The molecular weight excluding hydrogens is 276 g/mol. The summed E-state index contributed by atoms with van der Waals surface area (Å²) in [5, 5.41) is 2.82. The molecule has 4 heteroatoms. The van der Waals surface area contributed by atoms with Crippen LogP contribution in [0.4, 0.5) is 0 Å². The molecule has 0 saturated heterocycles. The predicted molar refractivity (Wildman–Crippen MR) is 79.2 cm³/mol. The van der Waals surface area contributed by atoms with Crippen molar-refractivity contribution in [2.45, 2.75) is 0 Å². The molecule has 100 valence electrons. The van der Waals surface area contributed by atoms with E-state index < -0.39 is 0 Å². The van der Waals surface area contributed by atoms with E-state index in [0.717, 1.165) is 27.0 Å². The summed E-state index contributed by atoms with van der Waals surface area (Å²) in [5.74, 6) is 0. The Morgan fingerprint density at radius 1 is 0.700 bits per heavy atom. The van der Waals surface area contributed by atoms with Gasteiger partial charge in [-0.05, 0) is 18.2 Å². The van der Waals surface area contributed by atoms with E-state index in [-0.39, 0.29) is 0 Å². The molecule has 0 spiro atoms. The third-order valence-electron chi connectivity index (χ3n) is 2.78. The van der Waals surface area contributed by atoms with Gasteiger partial charge in [-0.15, -0.1) is 0 Å². The standard InChI is InChI=1S/C12H7ClO.C4H4O2/c13-9-5-3-7-11-12(9)8-4-1-2-6-10(8)14-11;1-2-6-4-3-5-1/h1-7H;1-4H. The van der Waals surface area contributed by atoms with Crippen molar-refractivity contribution in [2.75, 3.05) is 0 Å². The Hall–Kier alpha value is -2.39. The third-order valence-corrected chi connectivity index (χ3v) is 3.09. The lowest BCUT2D eigenvalue weighted by molar-refractivity contribution is 0.290. The van der Waals surface area contributed by atoms with Crippen molar-refractivity contribution in [3.63, 3.8) is 0 Å². The zero-order valence-corrected chi connectivity index (χ0v) is 11.2. The minimum absolute atomic E-state index is 0.743. The highest BCUT2D eigenvalue weighted by Gasteiger charge is 2.07. The van der Waals surface area contributed by atoms with Gasteiger partial charge in [-0.2, -0.15) is 0 Å². The molecule has 1 aromatic heterocycles. The van der Waals surface area contributed by atoms with Crippen LogP contribution < -0.4 is 0 Å². The van der Waals surface area contributed by atoms with Crippen LogP contribution >= 0.6 is 11.6 Å². The van der Waals surface area contributed by atoms with Gasteiger partial charge in [0.25, 0.3) is 0 Å². The van der Waals surface area contributed by atoms with Gasteiger partial charge in [0.2, 0.25) is 0 Å². The van der Waals surface area contributed by atoms with Crippen molar-refractivity contribution in [3.8, 4) is 0 Å². The van der Waals surface area contributed by atoms with Gasteiger partial charge in [0.05, 0.1) is 5.02 Å². The van der Waals surface area contributed by atoms with Crippen LogP contribution in [-0.4, -0.2) is 0 Å². The lowest BCUT2D eigenvalue weighted by Crippen LogP contribution is -1.74. The Balaban J connectivity index is 0.000000170. The molecule has 3 nitrogen and oxygen atoms in total. The van der Waals surface area contributed by atoms with Crippen molar-refractivity contribution in [3.05, 3.63) is 72.5 Å². The van der Waals surface area contributed by atoms with Gasteiger partial charge in [0.1, 0.15) is 36.2 Å². The second-order valence-electron chi connectivity index (χ2n) is 4.03. The van der Waals surface area contributed by atoms with Gasteiger partial charge in [-0.1, -0.05) is 35.9 Å². The maximum absolute atomic E-state index is 6.12. The van der Waals surface area contributed by atoms with Gasteiger partial charge < -0.3 is 13.9 Å². The second kappa shape index (κ2) is 5.72. The van der Waals surface area contributed by atoms with Crippen LogP contribution in [0.5, 0.6) is 0 Å². The third kappa shape index (κ3) is 2.49. The number of furan rings is 1. The average Bonchev–Trinajstić information content (AvgIpc) is 2.89. The SMILES string of the molecule is C1=COC=CO1.Clc1cccc2oc3ccccc3c12. The number of hydrogen-bond donors (Lipinski definition) is 0. The molecule has 0 atom stereocenters. The quantitative estimate of drug-likeness (QED) is 0.568. The predicted octanol–water partition coefficient (Wildman–Crippen LogP) is 5.22. The van der Waals surface area contributed by atoms with E-state index in [2.05, 4.69) is 9.47 Å². The zero-order valence-electron chi connectivity index (χ0n) is 10.5. The van der Waals surface area contributed by atoms with E-state index in [1.807, 2.05) is 42.5 Å². The van der Waals surface area contributed by atoms with E-state index in [1.165, 1.54) is 25.0 Å². The number of fused-ring (bicyclic) bond motifs is 3. The van der Waals surface area contributed by atoms with E-state index in [1.54, 1.807) is 0 Å². The Bertz CT molecular complexity index is 767. The summed E-state index contributed by atoms with van der Waals surface area (Å²) in [6, 6.07) is 13.6. The van der Waals surface area contributed by atoms with Crippen LogP contribution in [0.2, 0.25) is 5.02 Å². The van der Waals surface area contributed by atoms with Crippen molar-refractivity contribution in [1.29, 1.82) is 0 Å². The van der Waals surface area contributed by atoms with Crippen molar-refractivity contribution >= 4 is 33.5 Å². The molecular formula is C16H11ClO3. The molecule has 0 unspecified atom stereocenters. The van der Waals surface area contributed by atoms with E-state index in [4.69, 9.17) is 16.0 Å². The van der Waals surface area contributed by atoms with Crippen LogP contribution in [0.25, 0.3) is 21.9 Å². The van der Waals surface area contributed by atoms with Gasteiger partial charge in [0, 0.05) is 10.8 Å². The summed E-state index contributed by atoms with van der Waals surface area (Å²) in [6.45, 7) is 0. The molecule has 0 saturated carbocycles. The highest BCUT2D eigenvalue weighted by Crippen LogP contribution is 2.33. The molecule has 0 bridgehead atoms. The van der Waals surface area contributed by atoms with Crippen molar-refractivity contribution in [2.24, 2.45) is 0 Å². The Morgan fingerprint density at radius 2 is 1.35 bits per heavy atom. The van der Waals surface area contributed by atoms with E-state index in [0.29, 0.717) is 0 Å². The summed E-state index contributed by atoms with van der Waals surface area (Å²) in [5.41, 5.74) is 1.73. The number of ether oxygens (including phenoxy) is 2. The smallest absolute Gasteiger partial charge is 0.136 e. The highest BCUT2D eigenvalue weighted by atomic mass is 35.5.